The summed E-state index contributed by atoms with van der Waals surface area (Å²) < 4.78 is 18.6. The van der Waals surface area contributed by atoms with E-state index in [0.29, 0.717) is 0 Å². The van der Waals surface area contributed by atoms with Gasteiger partial charge in [0.25, 0.3) is 5.91 Å². The van der Waals surface area contributed by atoms with E-state index in [9.17, 15) is 14.0 Å². The summed E-state index contributed by atoms with van der Waals surface area (Å²) in [6.07, 6.45) is 0. The second-order valence-corrected chi connectivity index (χ2v) is 4.11. The van der Waals surface area contributed by atoms with Gasteiger partial charge in [-0.3, -0.25) is 4.79 Å². The van der Waals surface area contributed by atoms with E-state index >= 15 is 0 Å². The zero-order valence-electron chi connectivity index (χ0n) is 10.9. The molecule has 2 rings (SSSR count). The predicted molar refractivity (Wildman–Crippen MR) is 73.9 cm³/mol. The number of rotatable bonds is 5. The summed E-state index contributed by atoms with van der Waals surface area (Å²) in [6, 6.07) is 11.9. The summed E-state index contributed by atoms with van der Waals surface area (Å²) in [6.45, 7) is -0.535. The molecule has 2 aromatic carbocycles. The molecule has 1 amide bonds. The number of nitrogens with one attached hydrogen (secondary N) is 1. The van der Waals surface area contributed by atoms with E-state index in [2.05, 4.69) is 5.32 Å². The molecule has 0 unspecified atom stereocenters. The Bertz CT molecular complexity index is 672. The third kappa shape index (κ3) is 3.79. The van der Waals surface area contributed by atoms with Crippen LogP contribution in [0.4, 0.5) is 10.1 Å². The molecule has 0 fully saturated rings. The van der Waals surface area contributed by atoms with Gasteiger partial charge in [0.1, 0.15) is 11.6 Å². The molecule has 0 saturated heterocycles. The quantitative estimate of drug-likeness (QED) is 0.887. The molecule has 0 aliphatic rings. The summed E-state index contributed by atoms with van der Waals surface area (Å²) >= 11 is 0. The number of anilines is 1. The molecule has 0 spiro atoms. The number of halogens is 1. The van der Waals surface area contributed by atoms with E-state index in [4.69, 9.17) is 9.84 Å². The van der Waals surface area contributed by atoms with Crippen LogP contribution in [0.1, 0.15) is 10.4 Å². The molecule has 0 aliphatic carbocycles. The van der Waals surface area contributed by atoms with Crippen LogP contribution in [-0.2, 0) is 4.79 Å². The highest BCUT2D eigenvalue weighted by molar-refractivity contribution is 6.05. The van der Waals surface area contributed by atoms with E-state index in [-0.39, 0.29) is 17.0 Å². The van der Waals surface area contributed by atoms with Gasteiger partial charge < -0.3 is 15.2 Å². The first-order valence-corrected chi connectivity index (χ1v) is 6.07. The minimum absolute atomic E-state index is 0.106. The molecule has 0 aliphatic heterocycles. The smallest absolute Gasteiger partial charge is 0.341 e. The Morgan fingerprint density at radius 2 is 1.76 bits per heavy atom. The zero-order chi connectivity index (χ0) is 15.2. The highest BCUT2D eigenvalue weighted by Gasteiger charge is 2.13. The third-order valence-corrected chi connectivity index (χ3v) is 2.60. The monoisotopic (exact) mass is 289 g/mol. The number of carboxylic acids is 1. The summed E-state index contributed by atoms with van der Waals surface area (Å²) in [5.74, 6) is -2.21. The molecule has 2 aromatic rings. The second-order valence-electron chi connectivity index (χ2n) is 4.11. The van der Waals surface area contributed by atoms with Gasteiger partial charge in [-0.1, -0.05) is 24.3 Å². The van der Waals surface area contributed by atoms with Crippen LogP contribution in [0.3, 0.4) is 0 Å². The standard InChI is InChI=1S/C15H12FNO4/c16-11-6-2-1-5-10(11)15(20)17-12-7-3-4-8-13(12)21-9-14(18)19/h1-8H,9H2,(H,17,20)(H,18,19). The average molecular weight is 289 g/mol. The number of ether oxygens (including phenoxy) is 1. The first-order valence-electron chi connectivity index (χ1n) is 6.07. The number of carboxylic acid groups (broad SMARTS) is 1. The van der Waals surface area contributed by atoms with Gasteiger partial charge in [0.15, 0.2) is 6.61 Å². The number of amides is 1. The molecule has 0 heterocycles. The van der Waals surface area contributed by atoms with E-state index in [0.717, 1.165) is 0 Å². The SMILES string of the molecule is O=C(O)COc1ccccc1NC(=O)c1ccccc1F. The molecule has 0 bridgehead atoms. The zero-order valence-corrected chi connectivity index (χ0v) is 10.9. The fourth-order valence-electron chi connectivity index (χ4n) is 1.67. The van der Waals surface area contributed by atoms with Gasteiger partial charge in [0, 0.05) is 0 Å². The number of carbonyl (C=O) groups is 2. The van der Waals surface area contributed by atoms with Crippen LogP contribution in [0.25, 0.3) is 0 Å². The van der Waals surface area contributed by atoms with Gasteiger partial charge in [0.2, 0.25) is 0 Å². The highest BCUT2D eigenvalue weighted by Crippen LogP contribution is 2.24. The third-order valence-electron chi connectivity index (χ3n) is 2.60. The molecule has 0 aromatic heterocycles. The predicted octanol–water partition coefficient (Wildman–Crippen LogP) is 2.54. The van der Waals surface area contributed by atoms with Crippen molar-refractivity contribution in [2.75, 3.05) is 11.9 Å². The molecule has 6 heteroatoms. The number of aliphatic carboxylic acids is 1. The average Bonchev–Trinajstić information content (AvgIpc) is 2.46. The fourth-order valence-corrected chi connectivity index (χ4v) is 1.67. The normalized spacial score (nSPS) is 9.95. The van der Waals surface area contributed by atoms with Crippen LogP contribution in [-0.4, -0.2) is 23.6 Å². The Labute approximate surface area is 120 Å². The number of hydrogen-bond donors (Lipinski definition) is 2. The lowest BCUT2D eigenvalue weighted by Crippen LogP contribution is -2.16. The number of hydrogen-bond acceptors (Lipinski definition) is 3. The summed E-state index contributed by atoms with van der Waals surface area (Å²) in [7, 11) is 0. The summed E-state index contributed by atoms with van der Waals surface area (Å²) in [5.41, 5.74) is 0.164. The van der Waals surface area contributed by atoms with E-state index in [1.165, 1.54) is 30.3 Å². The summed E-state index contributed by atoms with van der Waals surface area (Å²) in [4.78, 5) is 22.5. The van der Waals surface area contributed by atoms with Gasteiger partial charge in [0.05, 0.1) is 11.3 Å². The molecule has 0 saturated carbocycles. The van der Waals surface area contributed by atoms with Crippen molar-refractivity contribution in [1.29, 1.82) is 0 Å². The van der Waals surface area contributed by atoms with E-state index in [1.807, 2.05) is 0 Å². The lowest BCUT2D eigenvalue weighted by molar-refractivity contribution is -0.139. The van der Waals surface area contributed by atoms with Crippen molar-refractivity contribution < 1.29 is 23.8 Å². The fraction of sp³-hybridized carbons (Fsp3) is 0.0667. The molecular weight excluding hydrogens is 277 g/mol. The van der Waals surface area contributed by atoms with Gasteiger partial charge in [-0.05, 0) is 24.3 Å². The van der Waals surface area contributed by atoms with Crippen LogP contribution in [0.2, 0.25) is 0 Å². The van der Waals surface area contributed by atoms with Crippen molar-refractivity contribution >= 4 is 17.6 Å². The maximum absolute atomic E-state index is 13.5. The number of carbonyl (C=O) groups excluding carboxylic acids is 1. The molecule has 108 valence electrons. The lowest BCUT2D eigenvalue weighted by Gasteiger charge is -2.11. The molecule has 0 radical (unpaired) electrons. The molecule has 2 N–H and O–H groups in total. The van der Waals surface area contributed by atoms with E-state index < -0.39 is 24.3 Å². The van der Waals surface area contributed by atoms with E-state index in [1.54, 1.807) is 18.2 Å². The Balaban J connectivity index is 2.18. The van der Waals surface area contributed by atoms with Gasteiger partial charge in [-0.25, -0.2) is 9.18 Å². The molecular formula is C15H12FNO4. The molecule has 21 heavy (non-hydrogen) atoms. The van der Waals surface area contributed by atoms with Gasteiger partial charge >= 0.3 is 5.97 Å². The first-order chi connectivity index (χ1) is 10.1. The van der Waals surface area contributed by atoms with Gasteiger partial charge in [-0.2, -0.15) is 0 Å². The topological polar surface area (TPSA) is 75.6 Å². The van der Waals surface area contributed by atoms with Gasteiger partial charge in [-0.15, -0.1) is 0 Å². The lowest BCUT2D eigenvalue weighted by atomic mass is 10.2. The maximum Gasteiger partial charge on any atom is 0.341 e. The highest BCUT2D eigenvalue weighted by atomic mass is 19.1. The second kappa shape index (κ2) is 6.51. The molecule has 0 atom stereocenters. The van der Waals surface area contributed by atoms with Crippen LogP contribution >= 0.6 is 0 Å². The minimum atomic E-state index is -1.13. The van der Waals surface area contributed by atoms with Crippen molar-refractivity contribution in [1.82, 2.24) is 0 Å². The first kappa shape index (κ1) is 14.5. The van der Waals surface area contributed by atoms with Crippen molar-refractivity contribution in [3.05, 3.63) is 59.9 Å². The maximum atomic E-state index is 13.5. The Hall–Kier alpha value is -2.89. The van der Waals surface area contributed by atoms with Crippen molar-refractivity contribution in [3.8, 4) is 5.75 Å². The minimum Gasteiger partial charge on any atom is -0.480 e. The largest absolute Gasteiger partial charge is 0.480 e. The summed E-state index contributed by atoms with van der Waals surface area (Å²) in [5, 5.41) is 11.1. The van der Waals surface area contributed by atoms with Crippen molar-refractivity contribution in [2.24, 2.45) is 0 Å². The van der Waals surface area contributed by atoms with Crippen molar-refractivity contribution in [2.45, 2.75) is 0 Å². The van der Waals surface area contributed by atoms with Crippen LogP contribution < -0.4 is 10.1 Å². The van der Waals surface area contributed by atoms with Crippen LogP contribution in [0, 0.1) is 5.82 Å². The number of para-hydroxylation sites is 2. The van der Waals surface area contributed by atoms with Crippen molar-refractivity contribution in [3.63, 3.8) is 0 Å². The Morgan fingerprint density at radius 1 is 1.10 bits per heavy atom. The van der Waals surface area contributed by atoms with Crippen LogP contribution in [0.15, 0.2) is 48.5 Å². The van der Waals surface area contributed by atoms with Crippen LogP contribution in [0.5, 0.6) is 5.75 Å². The Morgan fingerprint density at radius 3 is 2.48 bits per heavy atom. The molecule has 5 nitrogen and oxygen atoms in total. The number of benzene rings is 2. The Kier molecular flexibility index (Phi) is 4.50.